The van der Waals surface area contributed by atoms with Gasteiger partial charge < -0.3 is 5.11 Å². The minimum atomic E-state index is 0.223. The van der Waals surface area contributed by atoms with E-state index in [0.717, 1.165) is 24.1 Å². The SMILES string of the molecule is CC(C)N=C(CCc1ccccc1)c1ccccc1O. The van der Waals surface area contributed by atoms with E-state index in [1.807, 2.05) is 24.3 Å². The Kier molecular flexibility index (Phi) is 4.94. The van der Waals surface area contributed by atoms with Gasteiger partial charge in [0.1, 0.15) is 5.75 Å². The zero-order valence-corrected chi connectivity index (χ0v) is 12.1. The highest BCUT2D eigenvalue weighted by molar-refractivity contribution is 6.03. The summed E-state index contributed by atoms with van der Waals surface area (Å²) in [7, 11) is 0. The fourth-order valence-electron chi connectivity index (χ4n) is 2.21. The number of aliphatic imine (C=N–C) groups is 1. The van der Waals surface area contributed by atoms with Gasteiger partial charge in [-0.1, -0.05) is 42.5 Å². The van der Waals surface area contributed by atoms with Crippen LogP contribution in [0.2, 0.25) is 0 Å². The molecule has 2 aromatic carbocycles. The Morgan fingerprint density at radius 2 is 1.65 bits per heavy atom. The third kappa shape index (κ3) is 3.95. The molecule has 2 rings (SSSR count). The van der Waals surface area contributed by atoms with Gasteiger partial charge in [-0.2, -0.15) is 0 Å². The van der Waals surface area contributed by atoms with E-state index in [0.29, 0.717) is 5.75 Å². The zero-order valence-electron chi connectivity index (χ0n) is 12.1. The average molecular weight is 267 g/mol. The van der Waals surface area contributed by atoms with Crippen LogP contribution < -0.4 is 0 Å². The van der Waals surface area contributed by atoms with Gasteiger partial charge in [-0.15, -0.1) is 0 Å². The summed E-state index contributed by atoms with van der Waals surface area (Å²) in [6.45, 7) is 4.12. The Morgan fingerprint density at radius 3 is 2.30 bits per heavy atom. The van der Waals surface area contributed by atoms with Gasteiger partial charge in [0.25, 0.3) is 0 Å². The Hall–Kier alpha value is -2.09. The average Bonchev–Trinajstić information content (AvgIpc) is 2.45. The molecule has 0 unspecified atom stereocenters. The van der Waals surface area contributed by atoms with E-state index in [9.17, 15) is 5.11 Å². The first-order chi connectivity index (χ1) is 9.66. The van der Waals surface area contributed by atoms with Gasteiger partial charge in [0.05, 0.1) is 0 Å². The smallest absolute Gasteiger partial charge is 0.124 e. The lowest BCUT2D eigenvalue weighted by molar-refractivity contribution is 0.474. The van der Waals surface area contributed by atoms with Gasteiger partial charge in [0.2, 0.25) is 0 Å². The fraction of sp³-hybridized carbons (Fsp3) is 0.278. The molecule has 0 spiro atoms. The lowest BCUT2D eigenvalue weighted by Crippen LogP contribution is -2.07. The minimum absolute atomic E-state index is 0.223. The summed E-state index contributed by atoms with van der Waals surface area (Å²) >= 11 is 0. The van der Waals surface area contributed by atoms with Crippen molar-refractivity contribution in [2.45, 2.75) is 32.7 Å². The van der Waals surface area contributed by atoms with Crippen LogP contribution >= 0.6 is 0 Å². The standard InChI is InChI=1S/C18H21NO/c1-14(2)19-17(16-10-6-7-11-18(16)20)13-12-15-8-4-3-5-9-15/h3-11,14,20H,12-13H2,1-2H3. The third-order valence-corrected chi connectivity index (χ3v) is 3.12. The molecule has 0 heterocycles. The first kappa shape index (κ1) is 14.3. The van der Waals surface area contributed by atoms with Crippen molar-refractivity contribution in [3.63, 3.8) is 0 Å². The molecule has 2 heteroatoms. The van der Waals surface area contributed by atoms with E-state index in [4.69, 9.17) is 0 Å². The van der Waals surface area contributed by atoms with Crippen LogP contribution in [0.15, 0.2) is 59.6 Å². The molecule has 20 heavy (non-hydrogen) atoms. The van der Waals surface area contributed by atoms with Gasteiger partial charge in [0.15, 0.2) is 0 Å². The maximum absolute atomic E-state index is 10.0. The van der Waals surface area contributed by atoms with E-state index in [1.165, 1.54) is 5.56 Å². The van der Waals surface area contributed by atoms with E-state index in [-0.39, 0.29) is 6.04 Å². The van der Waals surface area contributed by atoms with Crippen LogP contribution in [0.4, 0.5) is 0 Å². The van der Waals surface area contributed by atoms with Crippen LogP contribution in [0, 0.1) is 0 Å². The molecule has 0 saturated heterocycles. The van der Waals surface area contributed by atoms with Crippen molar-refractivity contribution < 1.29 is 5.11 Å². The predicted octanol–water partition coefficient (Wildman–Crippen LogP) is 4.22. The Bertz CT molecular complexity index is 573. The number of aryl methyl sites for hydroxylation is 1. The Balaban J connectivity index is 2.19. The summed E-state index contributed by atoms with van der Waals surface area (Å²) in [5, 5.41) is 10.0. The second-order valence-corrected chi connectivity index (χ2v) is 5.17. The molecule has 0 aliphatic rings. The third-order valence-electron chi connectivity index (χ3n) is 3.12. The normalized spacial score (nSPS) is 11.8. The molecule has 104 valence electrons. The largest absolute Gasteiger partial charge is 0.507 e. The maximum atomic E-state index is 10.0. The van der Waals surface area contributed by atoms with Gasteiger partial charge in [0, 0.05) is 17.3 Å². The maximum Gasteiger partial charge on any atom is 0.124 e. The number of aromatic hydroxyl groups is 1. The van der Waals surface area contributed by atoms with Gasteiger partial charge >= 0.3 is 0 Å². The number of benzene rings is 2. The van der Waals surface area contributed by atoms with Crippen LogP contribution in [0.1, 0.15) is 31.4 Å². The predicted molar refractivity (Wildman–Crippen MR) is 84.5 cm³/mol. The van der Waals surface area contributed by atoms with Crippen molar-refractivity contribution in [2.75, 3.05) is 0 Å². The molecular formula is C18H21NO. The fourth-order valence-corrected chi connectivity index (χ4v) is 2.21. The van der Waals surface area contributed by atoms with Crippen molar-refractivity contribution in [3.05, 3.63) is 65.7 Å². The summed E-state index contributed by atoms with van der Waals surface area (Å²) < 4.78 is 0. The van der Waals surface area contributed by atoms with Crippen molar-refractivity contribution in [2.24, 2.45) is 4.99 Å². The molecule has 0 aromatic heterocycles. The molecule has 0 bridgehead atoms. The number of phenolic OH excluding ortho intramolecular Hbond substituents is 1. The van der Waals surface area contributed by atoms with E-state index in [1.54, 1.807) is 6.07 Å². The Labute approximate surface area is 120 Å². The minimum Gasteiger partial charge on any atom is -0.507 e. The van der Waals surface area contributed by atoms with Crippen LogP contribution in [0.25, 0.3) is 0 Å². The first-order valence-corrected chi connectivity index (χ1v) is 7.06. The molecule has 0 radical (unpaired) electrons. The van der Waals surface area contributed by atoms with Crippen molar-refractivity contribution in [1.82, 2.24) is 0 Å². The van der Waals surface area contributed by atoms with Crippen LogP contribution in [-0.2, 0) is 6.42 Å². The number of hydrogen-bond donors (Lipinski definition) is 1. The molecule has 0 fully saturated rings. The highest BCUT2D eigenvalue weighted by Gasteiger charge is 2.09. The lowest BCUT2D eigenvalue weighted by atomic mass is 10.0. The van der Waals surface area contributed by atoms with E-state index >= 15 is 0 Å². The summed E-state index contributed by atoms with van der Waals surface area (Å²) in [6.07, 6.45) is 1.76. The summed E-state index contributed by atoms with van der Waals surface area (Å²) in [6, 6.07) is 18.0. The van der Waals surface area contributed by atoms with Crippen molar-refractivity contribution in [3.8, 4) is 5.75 Å². The highest BCUT2D eigenvalue weighted by atomic mass is 16.3. The number of nitrogens with zero attached hydrogens (tertiary/aromatic N) is 1. The monoisotopic (exact) mass is 267 g/mol. The molecule has 1 N–H and O–H groups in total. The van der Waals surface area contributed by atoms with Gasteiger partial charge in [-0.3, -0.25) is 4.99 Å². The molecule has 0 amide bonds. The Morgan fingerprint density at radius 1 is 1.00 bits per heavy atom. The highest BCUT2D eigenvalue weighted by Crippen LogP contribution is 2.20. The van der Waals surface area contributed by atoms with Crippen LogP contribution in [0.3, 0.4) is 0 Å². The number of rotatable bonds is 5. The van der Waals surface area contributed by atoms with Crippen molar-refractivity contribution >= 4 is 5.71 Å². The first-order valence-electron chi connectivity index (χ1n) is 7.06. The summed E-state index contributed by atoms with van der Waals surface area (Å²) in [4.78, 5) is 4.68. The molecular weight excluding hydrogens is 246 g/mol. The molecule has 0 saturated carbocycles. The van der Waals surface area contributed by atoms with Gasteiger partial charge in [-0.05, 0) is 44.4 Å². The second kappa shape index (κ2) is 6.90. The molecule has 0 aliphatic heterocycles. The molecule has 0 aliphatic carbocycles. The summed E-state index contributed by atoms with van der Waals surface area (Å²) in [5.41, 5.74) is 3.11. The number of hydrogen-bond acceptors (Lipinski definition) is 2. The zero-order chi connectivity index (χ0) is 14.4. The van der Waals surface area contributed by atoms with E-state index in [2.05, 4.69) is 43.1 Å². The number of para-hydroxylation sites is 1. The van der Waals surface area contributed by atoms with Gasteiger partial charge in [-0.25, -0.2) is 0 Å². The molecule has 2 nitrogen and oxygen atoms in total. The van der Waals surface area contributed by atoms with Crippen LogP contribution in [-0.4, -0.2) is 16.9 Å². The number of phenols is 1. The van der Waals surface area contributed by atoms with Crippen molar-refractivity contribution in [1.29, 1.82) is 0 Å². The lowest BCUT2D eigenvalue weighted by Gasteiger charge is -2.11. The molecule has 2 aromatic rings. The topological polar surface area (TPSA) is 32.6 Å². The summed E-state index contributed by atoms with van der Waals surface area (Å²) in [5.74, 6) is 0.306. The quantitative estimate of drug-likeness (QED) is 0.808. The second-order valence-electron chi connectivity index (χ2n) is 5.17. The van der Waals surface area contributed by atoms with Crippen LogP contribution in [0.5, 0.6) is 5.75 Å². The van der Waals surface area contributed by atoms with E-state index < -0.39 is 0 Å². The molecule has 0 atom stereocenters.